The molecule has 3 aromatic rings. The number of anilines is 1. The van der Waals surface area contributed by atoms with Crippen LogP contribution in [0.3, 0.4) is 0 Å². The van der Waals surface area contributed by atoms with E-state index >= 15 is 0 Å². The highest BCUT2D eigenvalue weighted by atomic mass is 127. The molecule has 0 unspecified atom stereocenters. The van der Waals surface area contributed by atoms with Crippen molar-refractivity contribution in [2.24, 2.45) is 0 Å². The number of amides is 1. The average molecular weight is 550 g/mol. The Bertz CT molecular complexity index is 1060. The second-order valence-corrected chi connectivity index (χ2v) is 8.36. The number of nitrogens with zero attached hydrogens (tertiary/aromatic N) is 1. The maximum Gasteiger partial charge on any atom is 0.307 e. The quantitative estimate of drug-likeness (QED) is 0.308. The zero-order valence-corrected chi connectivity index (χ0v) is 19.7. The lowest BCUT2D eigenvalue weighted by molar-refractivity contribution is -0.140. The molecule has 3 rings (SSSR count). The topological polar surface area (TPSA) is 80.3 Å². The van der Waals surface area contributed by atoms with Crippen molar-refractivity contribution in [3.05, 3.63) is 80.6 Å². The number of nitrogens with one attached hydrogen (secondary N) is 2. The van der Waals surface area contributed by atoms with Crippen LogP contribution in [0.25, 0.3) is 11.1 Å². The first-order valence-corrected chi connectivity index (χ1v) is 11.0. The Morgan fingerprint density at radius 1 is 1.10 bits per heavy atom. The van der Waals surface area contributed by atoms with E-state index in [1.807, 2.05) is 48.5 Å². The number of carbonyl (C=O) groups is 2. The van der Waals surface area contributed by atoms with Gasteiger partial charge in [0.2, 0.25) is 0 Å². The summed E-state index contributed by atoms with van der Waals surface area (Å²) in [6.45, 7) is 0.806. The molecule has 8 heteroatoms. The molecule has 0 atom stereocenters. The number of carbonyl (C=O) groups excluding carboxylic acids is 2. The van der Waals surface area contributed by atoms with Crippen LogP contribution in [0.5, 0.6) is 0 Å². The summed E-state index contributed by atoms with van der Waals surface area (Å²) in [6, 6.07) is 17.4. The van der Waals surface area contributed by atoms with Crippen molar-refractivity contribution in [3.8, 4) is 11.1 Å². The summed E-state index contributed by atoms with van der Waals surface area (Å²) in [5, 5.41) is 6.69. The summed E-state index contributed by atoms with van der Waals surface area (Å²) in [5.41, 5.74) is 4.15. The zero-order valence-electron chi connectivity index (χ0n) is 16.8. The van der Waals surface area contributed by atoms with E-state index in [1.54, 1.807) is 12.3 Å². The molecule has 160 valence electrons. The van der Waals surface area contributed by atoms with Gasteiger partial charge in [-0.15, -0.1) is 0 Å². The lowest BCUT2D eigenvalue weighted by atomic mass is 10.0. The molecule has 31 heavy (non-hydrogen) atoms. The van der Waals surface area contributed by atoms with Crippen LogP contribution in [0.15, 0.2) is 60.8 Å². The third kappa shape index (κ3) is 6.67. The smallest absolute Gasteiger partial charge is 0.307 e. The first-order valence-electron chi connectivity index (χ1n) is 9.55. The van der Waals surface area contributed by atoms with Crippen LogP contribution in [0.2, 0.25) is 5.02 Å². The lowest BCUT2D eigenvalue weighted by Crippen LogP contribution is -2.27. The Morgan fingerprint density at radius 2 is 1.87 bits per heavy atom. The van der Waals surface area contributed by atoms with E-state index in [2.05, 4.69) is 42.9 Å². The standard InChI is InChI=1S/C23H21ClIN3O3/c1-31-22(29)10-11-26-23(30)21-9-3-16(14-28-21)20-12-17(24)4-2-15(20)13-27-19-7-5-18(25)6-8-19/h2-9,12,14,27H,10-11,13H2,1H3,(H,26,30). The number of pyridine rings is 1. The van der Waals surface area contributed by atoms with Crippen molar-refractivity contribution in [3.63, 3.8) is 0 Å². The lowest BCUT2D eigenvalue weighted by Gasteiger charge is -2.13. The number of benzene rings is 2. The summed E-state index contributed by atoms with van der Waals surface area (Å²) in [7, 11) is 1.31. The van der Waals surface area contributed by atoms with Crippen molar-refractivity contribution in [2.45, 2.75) is 13.0 Å². The van der Waals surface area contributed by atoms with E-state index < -0.39 is 0 Å². The van der Waals surface area contributed by atoms with Crippen molar-refractivity contribution in [1.82, 2.24) is 10.3 Å². The van der Waals surface area contributed by atoms with Gasteiger partial charge in [-0.05, 0) is 76.2 Å². The minimum Gasteiger partial charge on any atom is -0.469 e. The second kappa shape index (κ2) is 11.1. The fourth-order valence-electron chi connectivity index (χ4n) is 2.89. The van der Waals surface area contributed by atoms with Crippen LogP contribution in [0.4, 0.5) is 5.69 Å². The Morgan fingerprint density at radius 3 is 2.55 bits per heavy atom. The third-order valence-electron chi connectivity index (χ3n) is 4.55. The highest BCUT2D eigenvalue weighted by Crippen LogP contribution is 2.27. The number of rotatable bonds is 8. The van der Waals surface area contributed by atoms with Crippen molar-refractivity contribution >= 4 is 51.8 Å². The molecule has 0 bridgehead atoms. The molecule has 1 amide bonds. The largest absolute Gasteiger partial charge is 0.469 e. The molecule has 0 aliphatic carbocycles. The minimum absolute atomic E-state index is 0.111. The minimum atomic E-state index is -0.379. The summed E-state index contributed by atoms with van der Waals surface area (Å²) in [6.07, 6.45) is 1.76. The highest BCUT2D eigenvalue weighted by molar-refractivity contribution is 14.1. The van der Waals surface area contributed by atoms with Gasteiger partial charge in [0.05, 0.1) is 13.5 Å². The van der Waals surface area contributed by atoms with E-state index in [9.17, 15) is 9.59 Å². The van der Waals surface area contributed by atoms with Gasteiger partial charge in [0.1, 0.15) is 5.69 Å². The summed E-state index contributed by atoms with van der Waals surface area (Å²) in [5.74, 6) is -0.724. The van der Waals surface area contributed by atoms with E-state index in [4.69, 9.17) is 11.6 Å². The average Bonchev–Trinajstić information content (AvgIpc) is 2.79. The van der Waals surface area contributed by atoms with E-state index in [-0.39, 0.29) is 30.5 Å². The molecule has 0 aliphatic heterocycles. The number of methoxy groups -OCH3 is 1. The Balaban J connectivity index is 1.71. The van der Waals surface area contributed by atoms with Gasteiger partial charge in [0.25, 0.3) is 5.91 Å². The zero-order chi connectivity index (χ0) is 22.2. The number of halogens is 2. The van der Waals surface area contributed by atoms with Crippen LogP contribution in [0, 0.1) is 3.57 Å². The molecule has 0 spiro atoms. The molecule has 6 nitrogen and oxygen atoms in total. The fourth-order valence-corrected chi connectivity index (χ4v) is 3.43. The monoisotopic (exact) mass is 549 g/mol. The van der Waals surface area contributed by atoms with Crippen LogP contribution in [-0.4, -0.2) is 30.5 Å². The number of ether oxygens (including phenoxy) is 1. The SMILES string of the molecule is COC(=O)CCNC(=O)c1ccc(-c2cc(Cl)ccc2CNc2ccc(I)cc2)cn1. The van der Waals surface area contributed by atoms with Crippen LogP contribution < -0.4 is 10.6 Å². The van der Waals surface area contributed by atoms with E-state index in [1.165, 1.54) is 10.7 Å². The molecule has 1 aromatic heterocycles. The Hall–Kier alpha value is -2.65. The van der Waals surface area contributed by atoms with E-state index in [0.717, 1.165) is 22.4 Å². The number of hydrogen-bond acceptors (Lipinski definition) is 5. The number of aromatic nitrogens is 1. The number of hydrogen-bond donors (Lipinski definition) is 2. The number of esters is 1. The van der Waals surface area contributed by atoms with E-state index in [0.29, 0.717) is 11.6 Å². The second-order valence-electron chi connectivity index (χ2n) is 6.68. The predicted molar refractivity (Wildman–Crippen MR) is 130 cm³/mol. The van der Waals surface area contributed by atoms with Gasteiger partial charge < -0.3 is 15.4 Å². The highest BCUT2D eigenvalue weighted by Gasteiger charge is 2.11. The van der Waals surface area contributed by atoms with Gasteiger partial charge in [-0.3, -0.25) is 14.6 Å². The van der Waals surface area contributed by atoms with Crippen molar-refractivity contribution in [1.29, 1.82) is 0 Å². The molecule has 0 saturated carbocycles. The van der Waals surface area contributed by atoms with Gasteiger partial charge in [-0.25, -0.2) is 0 Å². The molecule has 0 saturated heterocycles. The third-order valence-corrected chi connectivity index (χ3v) is 5.50. The molecule has 0 radical (unpaired) electrons. The maximum atomic E-state index is 12.2. The van der Waals surface area contributed by atoms with Crippen LogP contribution in [-0.2, 0) is 16.1 Å². The summed E-state index contributed by atoms with van der Waals surface area (Å²) >= 11 is 8.51. The first kappa shape index (κ1) is 23.0. The molecule has 2 N–H and O–H groups in total. The molecule has 0 aliphatic rings. The molecular formula is C23H21ClIN3O3. The Kier molecular flexibility index (Phi) is 8.25. The fraction of sp³-hybridized carbons (Fsp3) is 0.174. The molecule has 2 aromatic carbocycles. The van der Waals surface area contributed by atoms with Crippen LogP contribution in [0.1, 0.15) is 22.5 Å². The van der Waals surface area contributed by atoms with Crippen molar-refractivity contribution < 1.29 is 14.3 Å². The molecule has 1 heterocycles. The van der Waals surface area contributed by atoms with Gasteiger partial charge in [-0.2, -0.15) is 0 Å². The van der Waals surface area contributed by atoms with Crippen molar-refractivity contribution in [2.75, 3.05) is 19.0 Å². The normalized spacial score (nSPS) is 10.4. The van der Waals surface area contributed by atoms with Gasteiger partial charge >= 0.3 is 5.97 Å². The first-order chi connectivity index (χ1) is 15.0. The van der Waals surface area contributed by atoms with Gasteiger partial charge in [0, 0.05) is 39.1 Å². The van der Waals surface area contributed by atoms with Crippen LogP contribution >= 0.6 is 34.2 Å². The molecule has 0 fully saturated rings. The maximum absolute atomic E-state index is 12.2. The van der Waals surface area contributed by atoms with Gasteiger partial charge in [-0.1, -0.05) is 23.7 Å². The molecular weight excluding hydrogens is 529 g/mol. The summed E-state index contributed by atoms with van der Waals surface area (Å²) < 4.78 is 5.73. The van der Waals surface area contributed by atoms with Gasteiger partial charge in [0.15, 0.2) is 0 Å². The summed E-state index contributed by atoms with van der Waals surface area (Å²) in [4.78, 5) is 27.6. The predicted octanol–water partition coefficient (Wildman–Crippen LogP) is 4.91. The Labute approximate surface area is 199 Å².